The molecule has 256 valence electrons. The Labute approximate surface area is 276 Å². The van der Waals surface area contributed by atoms with Gasteiger partial charge < -0.3 is 35.0 Å². The van der Waals surface area contributed by atoms with Crippen LogP contribution in [0.2, 0.25) is 0 Å². The maximum atomic E-state index is 14.1. The number of hydroxylamine groups is 2. The molecule has 47 heavy (non-hydrogen) atoms. The number of nitrogens with one attached hydrogen (secondary N) is 1. The number of anilines is 1. The predicted molar refractivity (Wildman–Crippen MR) is 176 cm³/mol. The lowest BCUT2D eigenvalue weighted by Gasteiger charge is -2.62. The van der Waals surface area contributed by atoms with Crippen LogP contribution in [-0.4, -0.2) is 96.6 Å². The zero-order chi connectivity index (χ0) is 33.6. The number of para-hydroxylation sites is 1. The number of carbonyl (C=O) groups excluding carboxylic acids is 1. The van der Waals surface area contributed by atoms with Gasteiger partial charge >= 0.3 is 5.97 Å². The summed E-state index contributed by atoms with van der Waals surface area (Å²) in [5, 5.41) is 35.9. The maximum absolute atomic E-state index is 14.1. The highest BCUT2D eigenvalue weighted by Gasteiger charge is 2.57. The van der Waals surface area contributed by atoms with E-state index in [4.69, 9.17) is 14.3 Å². The molecule has 2 saturated heterocycles. The molecule has 0 spiro atoms. The molecule has 4 N–H and O–H groups in total. The Morgan fingerprint density at radius 3 is 2.51 bits per heavy atom. The third-order valence-electron chi connectivity index (χ3n) is 11.5. The quantitative estimate of drug-likeness (QED) is 0.302. The van der Waals surface area contributed by atoms with Crippen LogP contribution in [0, 0.1) is 29.1 Å². The molecule has 8 atom stereocenters. The van der Waals surface area contributed by atoms with Gasteiger partial charge in [0, 0.05) is 41.9 Å². The summed E-state index contributed by atoms with van der Waals surface area (Å²) in [7, 11) is 1.56. The minimum atomic E-state index is -1.02. The van der Waals surface area contributed by atoms with Crippen molar-refractivity contribution in [2.24, 2.45) is 29.1 Å². The molecule has 3 saturated carbocycles. The number of nitrogens with zero attached hydrogens (tertiary/aromatic N) is 2. The first-order chi connectivity index (χ1) is 22.4. The molecule has 7 rings (SSSR count). The third-order valence-corrected chi connectivity index (χ3v) is 11.5. The van der Waals surface area contributed by atoms with Crippen LogP contribution in [0.15, 0.2) is 36.4 Å². The molecule has 2 aromatic rings. The number of aromatic carboxylic acids is 1. The minimum absolute atomic E-state index is 0.0315. The van der Waals surface area contributed by atoms with E-state index in [0.29, 0.717) is 66.5 Å². The molecule has 11 heteroatoms. The second-order valence-electron chi connectivity index (χ2n) is 14.4. The number of amides is 1. The Hall–Kier alpha value is -3.22. The minimum Gasteiger partial charge on any atom is -0.496 e. The normalized spacial score (nSPS) is 30.8. The number of morpholine rings is 1. The summed E-state index contributed by atoms with van der Waals surface area (Å²) in [4.78, 5) is 34.6. The van der Waals surface area contributed by atoms with Gasteiger partial charge in [-0.1, -0.05) is 39.0 Å². The number of hydrogen-bond donors (Lipinski definition) is 4. The van der Waals surface area contributed by atoms with E-state index >= 15 is 0 Å². The van der Waals surface area contributed by atoms with E-state index < -0.39 is 30.1 Å². The van der Waals surface area contributed by atoms with Gasteiger partial charge in [-0.3, -0.25) is 9.63 Å². The van der Waals surface area contributed by atoms with Crippen LogP contribution in [0.5, 0.6) is 5.75 Å². The number of carboxylic acids is 1. The lowest BCUT2D eigenvalue weighted by atomic mass is 9.45. The van der Waals surface area contributed by atoms with Crippen LogP contribution >= 0.6 is 0 Å². The van der Waals surface area contributed by atoms with E-state index in [1.165, 1.54) is 6.42 Å². The van der Waals surface area contributed by atoms with Gasteiger partial charge in [0.1, 0.15) is 17.9 Å². The largest absolute Gasteiger partial charge is 0.496 e. The Bertz CT molecular complexity index is 1470. The molecule has 2 bridgehead atoms. The summed E-state index contributed by atoms with van der Waals surface area (Å²) in [6.07, 6.45) is 0.445. The van der Waals surface area contributed by atoms with Crippen molar-refractivity contribution in [3.05, 3.63) is 47.5 Å². The smallest absolute Gasteiger partial charge is 0.335 e. The van der Waals surface area contributed by atoms with E-state index in [-0.39, 0.29) is 36.1 Å². The molecule has 3 aliphatic carbocycles. The molecule has 1 amide bonds. The van der Waals surface area contributed by atoms with Crippen molar-refractivity contribution in [1.29, 1.82) is 0 Å². The number of rotatable bonds is 10. The highest BCUT2D eigenvalue weighted by molar-refractivity contribution is 5.92. The molecule has 0 radical (unpaired) electrons. The van der Waals surface area contributed by atoms with Gasteiger partial charge in [0.2, 0.25) is 5.91 Å². The molecule has 5 fully saturated rings. The summed E-state index contributed by atoms with van der Waals surface area (Å²) < 4.78 is 11.5. The third kappa shape index (κ3) is 6.24. The predicted octanol–water partition coefficient (Wildman–Crippen LogP) is 3.56. The zero-order valence-electron chi connectivity index (χ0n) is 28.0. The number of carboxylic acid groups (broad SMARTS) is 1. The fourth-order valence-corrected chi connectivity index (χ4v) is 8.72. The molecular weight excluding hydrogens is 602 g/mol. The second-order valence-corrected chi connectivity index (χ2v) is 14.4. The van der Waals surface area contributed by atoms with Crippen molar-refractivity contribution in [3.8, 4) is 16.9 Å². The number of methoxy groups -OCH3 is 1. The second kappa shape index (κ2) is 13.4. The number of ether oxygens (including phenoxy) is 2. The fraction of sp³-hybridized carbons (Fsp3) is 0.611. The molecular formula is C36H49N3O8. The molecule has 0 aromatic heterocycles. The van der Waals surface area contributed by atoms with E-state index in [0.717, 1.165) is 12.1 Å². The summed E-state index contributed by atoms with van der Waals surface area (Å²) in [5.74, 6) is 0.0746. The Kier molecular flexibility index (Phi) is 9.57. The number of benzene rings is 2. The lowest BCUT2D eigenvalue weighted by Crippen LogP contribution is -2.62. The standard InChI is InChI=1S/C36H49N3O8/c1-20-28-16-25(36(28,3)4)17-29(20)37-34(42)32-31(21(2)41)30(19-40)47-39(32)18-22-7-6-8-27(33(22)45-5)23-13-24(35(43)44)15-26(14-23)38-9-11-46-12-10-38/h6-8,13-15,20-21,25,28-32,40-41H,9-12,16-19H2,1-5H3,(H,37,42)(H,43,44)/t20-,21-,25+,28?,29-,30-,31+,32-/m0/s1. The van der Waals surface area contributed by atoms with Crippen LogP contribution in [-0.2, 0) is 20.9 Å². The van der Waals surface area contributed by atoms with Crippen molar-refractivity contribution in [2.45, 2.75) is 71.4 Å². The summed E-state index contributed by atoms with van der Waals surface area (Å²) in [5.41, 5.74) is 3.34. The molecule has 1 unspecified atom stereocenters. The van der Waals surface area contributed by atoms with Crippen LogP contribution in [0.3, 0.4) is 0 Å². The van der Waals surface area contributed by atoms with Gasteiger partial charge in [0.05, 0.1) is 45.1 Å². The Morgan fingerprint density at radius 1 is 1.15 bits per heavy atom. The van der Waals surface area contributed by atoms with Gasteiger partial charge in [0.25, 0.3) is 0 Å². The highest BCUT2D eigenvalue weighted by Crippen LogP contribution is 2.61. The Balaban J connectivity index is 1.30. The van der Waals surface area contributed by atoms with Gasteiger partial charge in [0.15, 0.2) is 0 Å². The number of fused-ring (bicyclic) bond motifs is 2. The number of aliphatic hydroxyl groups excluding tert-OH is 2. The zero-order valence-corrected chi connectivity index (χ0v) is 28.0. The first kappa shape index (κ1) is 33.7. The molecule has 2 aliphatic heterocycles. The summed E-state index contributed by atoms with van der Waals surface area (Å²) >= 11 is 0. The van der Waals surface area contributed by atoms with Gasteiger partial charge in [-0.15, -0.1) is 0 Å². The summed E-state index contributed by atoms with van der Waals surface area (Å²) in [6.45, 7) is 10.7. The van der Waals surface area contributed by atoms with Crippen molar-refractivity contribution in [2.75, 3.05) is 44.9 Å². The lowest BCUT2D eigenvalue weighted by molar-refractivity contribution is -0.183. The average molecular weight is 652 g/mol. The van der Waals surface area contributed by atoms with Gasteiger partial charge in [-0.05, 0) is 66.7 Å². The molecule has 5 aliphatic rings. The number of hydrogen-bond acceptors (Lipinski definition) is 9. The van der Waals surface area contributed by atoms with Crippen molar-refractivity contribution in [3.63, 3.8) is 0 Å². The highest BCUT2D eigenvalue weighted by atomic mass is 16.7. The van der Waals surface area contributed by atoms with E-state index in [2.05, 4.69) is 31.0 Å². The van der Waals surface area contributed by atoms with Gasteiger partial charge in [-0.25, -0.2) is 4.79 Å². The van der Waals surface area contributed by atoms with Gasteiger partial charge in [-0.2, -0.15) is 5.06 Å². The SMILES string of the molecule is COc1c(CN2O[C@@H](CO)[C@@H]([C@H](C)O)[C@H]2C(=O)N[C@H]2C[C@H]3CC([C@@H]2C)C3(C)C)cccc1-c1cc(C(=O)O)cc(N2CCOCC2)c1. The van der Waals surface area contributed by atoms with E-state index in [1.807, 2.05) is 24.3 Å². The molecule has 2 aromatic carbocycles. The maximum Gasteiger partial charge on any atom is 0.335 e. The summed E-state index contributed by atoms with van der Waals surface area (Å²) in [6, 6.07) is 10.1. The van der Waals surface area contributed by atoms with E-state index in [9.17, 15) is 24.9 Å². The van der Waals surface area contributed by atoms with Crippen molar-refractivity contribution in [1.82, 2.24) is 10.4 Å². The first-order valence-corrected chi connectivity index (χ1v) is 16.8. The molecule has 2 heterocycles. The monoisotopic (exact) mass is 651 g/mol. The van der Waals surface area contributed by atoms with Crippen molar-refractivity contribution < 1.29 is 39.2 Å². The fourth-order valence-electron chi connectivity index (χ4n) is 8.72. The van der Waals surface area contributed by atoms with Crippen LogP contribution in [0.25, 0.3) is 11.1 Å². The van der Waals surface area contributed by atoms with Crippen molar-refractivity contribution >= 4 is 17.6 Å². The first-order valence-electron chi connectivity index (χ1n) is 16.8. The number of carbonyl (C=O) groups is 2. The van der Waals surface area contributed by atoms with Crippen LogP contribution in [0.1, 0.15) is 56.5 Å². The topological polar surface area (TPSA) is 141 Å². The van der Waals surface area contributed by atoms with Crippen LogP contribution in [0.4, 0.5) is 5.69 Å². The number of aliphatic hydroxyl groups is 2. The van der Waals surface area contributed by atoms with Crippen LogP contribution < -0.4 is 15.0 Å². The average Bonchev–Trinajstić information content (AvgIpc) is 3.44. The molecule has 11 nitrogen and oxygen atoms in total. The Morgan fingerprint density at radius 2 is 1.89 bits per heavy atom. The van der Waals surface area contributed by atoms with E-state index in [1.54, 1.807) is 31.2 Å².